The fraction of sp³-hybridized carbons (Fsp3) is 0.818. The SMILES string of the molecule is CCOC(=O)C1(C#N)CC2CC(O)C1C2. The van der Waals surface area contributed by atoms with Crippen LogP contribution >= 0.6 is 0 Å². The summed E-state index contributed by atoms with van der Waals surface area (Å²) in [7, 11) is 0. The Bertz CT molecular complexity index is 322. The standard InChI is InChI=1S/C11H15NO3/c1-2-15-10(14)11(6-12)5-7-3-8(11)9(13)4-7/h7-9,13H,2-5H2,1H3. The lowest BCUT2D eigenvalue weighted by atomic mass is 9.73. The number of nitriles is 1. The van der Waals surface area contributed by atoms with Crippen LogP contribution in [-0.2, 0) is 9.53 Å². The molecule has 2 aliphatic rings. The molecule has 0 aromatic rings. The molecule has 1 N–H and O–H groups in total. The van der Waals surface area contributed by atoms with Crippen molar-refractivity contribution in [2.24, 2.45) is 17.3 Å². The van der Waals surface area contributed by atoms with Gasteiger partial charge in [0.2, 0.25) is 0 Å². The number of rotatable bonds is 2. The highest BCUT2D eigenvalue weighted by molar-refractivity contribution is 5.81. The van der Waals surface area contributed by atoms with Crippen molar-refractivity contribution in [2.45, 2.75) is 32.3 Å². The van der Waals surface area contributed by atoms with Gasteiger partial charge in [-0.1, -0.05) is 0 Å². The molecule has 4 heteroatoms. The van der Waals surface area contributed by atoms with Gasteiger partial charge in [0, 0.05) is 5.92 Å². The van der Waals surface area contributed by atoms with Crippen molar-refractivity contribution in [3.63, 3.8) is 0 Å². The summed E-state index contributed by atoms with van der Waals surface area (Å²) in [4.78, 5) is 11.8. The number of nitrogens with zero attached hydrogens (tertiary/aromatic N) is 1. The second kappa shape index (κ2) is 3.49. The maximum Gasteiger partial charge on any atom is 0.326 e. The van der Waals surface area contributed by atoms with E-state index in [4.69, 9.17) is 4.74 Å². The van der Waals surface area contributed by atoms with Gasteiger partial charge in [0.05, 0.1) is 18.8 Å². The van der Waals surface area contributed by atoms with E-state index in [1.54, 1.807) is 6.92 Å². The minimum Gasteiger partial charge on any atom is -0.465 e. The highest BCUT2D eigenvalue weighted by Crippen LogP contribution is 2.56. The van der Waals surface area contributed by atoms with E-state index in [0.717, 1.165) is 12.8 Å². The van der Waals surface area contributed by atoms with E-state index in [0.29, 0.717) is 12.3 Å². The normalized spacial score (nSPS) is 42.6. The molecule has 15 heavy (non-hydrogen) atoms. The molecule has 4 nitrogen and oxygen atoms in total. The number of carbonyl (C=O) groups excluding carboxylic acids is 1. The average Bonchev–Trinajstić information content (AvgIpc) is 2.74. The summed E-state index contributed by atoms with van der Waals surface area (Å²) >= 11 is 0. The van der Waals surface area contributed by atoms with Crippen LogP contribution in [0.2, 0.25) is 0 Å². The lowest BCUT2D eigenvalue weighted by molar-refractivity contribution is -0.157. The van der Waals surface area contributed by atoms with Crippen molar-refractivity contribution in [2.75, 3.05) is 6.61 Å². The van der Waals surface area contributed by atoms with Crippen LogP contribution in [0.25, 0.3) is 0 Å². The van der Waals surface area contributed by atoms with E-state index in [9.17, 15) is 15.2 Å². The molecule has 0 radical (unpaired) electrons. The van der Waals surface area contributed by atoms with E-state index in [1.807, 2.05) is 0 Å². The molecule has 2 fully saturated rings. The Kier molecular flexibility index (Phi) is 2.43. The van der Waals surface area contributed by atoms with Gasteiger partial charge in [-0.15, -0.1) is 0 Å². The number of aliphatic hydroxyl groups is 1. The number of ether oxygens (including phenoxy) is 1. The van der Waals surface area contributed by atoms with Gasteiger partial charge in [-0.05, 0) is 32.1 Å². The number of aliphatic hydroxyl groups excluding tert-OH is 1. The molecular weight excluding hydrogens is 194 g/mol. The lowest BCUT2D eigenvalue weighted by Gasteiger charge is -2.31. The Morgan fingerprint density at radius 2 is 2.40 bits per heavy atom. The fourth-order valence-electron chi connectivity index (χ4n) is 3.09. The second-order valence-electron chi connectivity index (χ2n) is 4.52. The van der Waals surface area contributed by atoms with Gasteiger partial charge in [0.15, 0.2) is 5.41 Å². The first-order valence-electron chi connectivity index (χ1n) is 5.40. The molecule has 0 aromatic heterocycles. The number of fused-ring (bicyclic) bond motifs is 2. The Morgan fingerprint density at radius 1 is 1.67 bits per heavy atom. The summed E-state index contributed by atoms with van der Waals surface area (Å²) in [6, 6.07) is 2.09. The molecule has 2 saturated carbocycles. The molecule has 82 valence electrons. The van der Waals surface area contributed by atoms with Crippen molar-refractivity contribution in [3.05, 3.63) is 0 Å². The molecule has 4 unspecified atom stereocenters. The Hall–Kier alpha value is -1.08. The molecule has 0 aliphatic heterocycles. The van der Waals surface area contributed by atoms with Crippen LogP contribution < -0.4 is 0 Å². The predicted octanol–water partition coefficient (Wildman–Crippen LogP) is 0.850. The van der Waals surface area contributed by atoms with Gasteiger partial charge in [-0.25, -0.2) is 0 Å². The quantitative estimate of drug-likeness (QED) is 0.684. The van der Waals surface area contributed by atoms with Crippen LogP contribution in [0.1, 0.15) is 26.2 Å². The maximum absolute atomic E-state index is 11.8. The van der Waals surface area contributed by atoms with Crippen LogP contribution in [-0.4, -0.2) is 23.8 Å². The largest absolute Gasteiger partial charge is 0.465 e. The van der Waals surface area contributed by atoms with Crippen LogP contribution in [0.4, 0.5) is 0 Å². The first kappa shape index (κ1) is 10.4. The molecular formula is C11H15NO3. The number of hydrogen-bond acceptors (Lipinski definition) is 4. The van der Waals surface area contributed by atoms with E-state index >= 15 is 0 Å². The summed E-state index contributed by atoms with van der Waals surface area (Å²) in [6.07, 6.45) is 1.57. The first-order valence-corrected chi connectivity index (χ1v) is 5.40. The molecule has 0 saturated heterocycles. The Balaban J connectivity index is 2.24. The van der Waals surface area contributed by atoms with Crippen LogP contribution in [0, 0.1) is 28.6 Å². The summed E-state index contributed by atoms with van der Waals surface area (Å²) in [5, 5.41) is 18.9. The summed E-state index contributed by atoms with van der Waals surface area (Å²) in [5.74, 6) is -0.348. The topological polar surface area (TPSA) is 70.3 Å². The van der Waals surface area contributed by atoms with Gasteiger partial charge in [-0.2, -0.15) is 5.26 Å². The molecule has 2 rings (SSSR count). The van der Waals surface area contributed by atoms with Crippen LogP contribution in [0.15, 0.2) is 0 Å². The average molecular weight is 209 g/mol. The predicted molar refractivity (Wildman–Crippen MR) is 51.5 cm³/mol. The van der Waals surface area contributed by atoms with Crippen molar-refractivity contribution in [1.82, 2.24) is 0 Å². The van der Waals surface area contributed by atoms with Gasteiger partial charge in [-0.3, -0.25) is 4.79 Å². The molecule has 0 amide bonds. The minimum absolute atomic E-state index is 0.216. The number of carbonyl (C=O) groups is 1. The zero-order valence-electron chi connectivity index (χ0n) is 8.77. The zero-order chi connectivity index (χ0) is 11.1. The van der Waals surface area contributed by atoms with Gasteiger partial charge in [0.25, 0.3) is 0 Å². The van der Waals surface area contributed by atoms with Crippen LogP contribution in [0.5, 0.6) is 0 Å². The van der Waals surface area contributed by atoms with Crippen molar-refractivity contribution >= 4 is 5.97 Å². The molecule has 0 aromatic carbocycles. The second-order valence-corrected chi connectivity index (χ2v) is 4.52. The number of hydrogen-bond donors (Lipinski definition) is 1. The van der Waals surface area contributed by atoms with Gasteiger partial charge in [0.1, 0.15) is 0 Å². The minimum atomic E-state index is -1.07. The van der Waals surface area contributed by atoms with E-state index in [2.05, 4.69) is 6.07 Å². The van der Waals surface area contributed by atoms with Gasteiger partial charge >= 0.3 is 5.97 Å². The van der Waals surface area contributed by atoms with Gasteiger partial charge < -0.3 is 9.84 Å². The fourth-order valence-corrected chi connectivity index (χ4v) is 3.09. The first-order chi connectivity index (χ1) is 7.14. The molecule has 2 bridgehead atoms. The smallest absolute Gasteiger partial charge is 0.326 e. The molecule has 2 aliphatic carbocycles. The number of esters is 1. The third kappa shape index (κ3) is 1.34. The van der Waals surface area contributed by atoms with Crippen molar-refractivity contribution < 1.29 is 14.6 Å². The highest BCUT2D eigenvalue weighted by atomic mass is 16.5. The molecule has 0 spiro atoms. The Labute approximate surface area is 88.8 Å². The summed E-state index contributed by atoms with van der Waals surface area (Å²) < 4.78 is 4.95. The lowest BCUT2D eigenvalue weighted by Crippen LogP contribution is -2.42. The summed E-state index contributed by atoms with van der Waals surface area (Å²) in [6.45, 7) is 2.02. The highest BCUT2D eigenvalue weighted by Gasteiger charge is 2.61. The molecule has 4 atom stereocenters. The Morgan fingerprint density at radius 3 is 2.87 bits per heavy atom. The van der Waals surface area contributed by atoms with E-state index in [1.165, 1.54) is 0 Å². The van der Waals surface area contributed by atoms with E-state index in [-0.39, 0.29) is 12.5 Å². The van der Waals surface area contributed by atoms with Crippen molar-refractivity contribution in [1.29, 1.82) is 5.26 Å². The zero-order valence-corrected chi connectivity index (χ0v) is 8.77. The van der Waals surface area contributed by atoms with E-state index < -0.39 is 17.5 Å². The third-order valence-corrected chi connectivity index (χ3v) is 3.71. The molecule has 0 heterocycles. The van der Waals surface area contributed by atoms with Crippen molar-refractivity contribution in [3.8, 4) is 6.07 Å². The third-order valence-electron chi connectivity index (χ3n) is 3.71. The van der Waals surface area contributed by atoms with Crippen LogP contribution in [0.3, 0.4) is 0 Å². The summed E-state index contributed by atoms with van der Waals surface area (Å²) in [5.41, 5.74) is -1.07. The monoisotopic (exact) mass is 209 g/mol. The maximum atomic E-state index is 11.8.